The van der Waals surface area contributed by atoms with Crippen LogP contribution in [-0.4, -0.2) is 111 Å². The Kier molecular flexibility index (Phi) is 6.48. The highest BCUT2D eigenvalue weighted by atomic mass is 16.8. The molecular formula is C17H26O12. The highest BCUT2D eigenvalue weighted by molar-refractivity contribution is 5.89. The number of fused-ring (bicyclic) bond motifs is 1. The molecule has 0 radical (unpaired) electrons. The minimum absolute atomic E-state index is 0.0228. The van der Waals surface area contributed by atoms with Gasteiger partial charge < -0.3 is 54.7 Å². The molecule has 7 N–H and O–H groups in total. The lowest BCUT2D eigenvalue weighted by Crippen LogP contribution is -2.61. The lowest BCUT2D eigenvalue weighted by atomic mass is 9.80. The summed E-state index contributed by atoms with van der Waals surface area (Å²) in [5.74, 6) is -2.71. The highest BCUT2D eigenvalue weighted by Gasteiger charge is 2.62. The van der Waals surface area contributed by atoms with Crippen molar-refractivity contribution in [2.24, 2.45) is 11.8 Å². The molecule has 0 aromatic carbocycles. The van der Waals surface area contributed by atoms with E-state index in [0.717, 1.165) is 13.4 Å². The van der Waals surface area contributed by atoms with Crippen molar-refractivity contribution in [2.45, 2.75) is 55.1 Å². The minimum atomic E-state index is -2.10. The molecule has 1 saturated carbocycles. The quantitative estimate of drug-likeness (QED) is 0.212. The first-order valence-electron chi connectivity index (χ1n) is 9.10. The molecular weight excluding hydrogens is 396 g/mol. The van der Waals surface area contributed by atoms with Gasteiger partial charge in [-0.3, -0.25) is 0 Å². The Morgan fingerprint density at radius 2 is 1.86 bits per heavy atom. The topological polar surface area (TPSA) is 196 Å². The van der Waals surface area contributed by atoms with Crippen LogP contribution in [0.1, 0.15) is 6.42 Å². The first kappa shape index (κ1) is 22.3. The molecule has 2 fully saturated rings. The molecule has 1 saturated heterocycles. The van der Waals surface area contributed by atoms with Gasteiger partial charge in [0, 0.05) is 5.92 Å². The zero-order valence-corrected chi connectivity index (χ0v) is 15.6. The third kappa shape index (κ3) is 3.65. The molecule has 12 heteroatoms. The van der Waals surface area contributed by atoms with E-state index in [2.05, 4.69) is 4.74 Å². The normalized spacial score (nSPS) is 47.2. The molecule has 2 aliphatic heterocycles. The zero-order valence-electron chi connectivity index (χ0n) is 15.6. The largest absolute Gasteiger partial charge is 0.471 e. The van der Waals surface area contributed by atoms with E-state index < -0.39 is 79.7 Å². The van der Waals surface area contributed by atoms with Crippen molar-refractivity contribution in [1.82, 2.24) is 0 Å². The first-order chi connectivity index (χ1) is 13.7. The van der Waals surface area contributed by atoms with Gasteiger partial charge in [-0.1, -0.05) is 0 Å². The molecule has 12 nitrogen and oxygen atoms in total. The van der Waals surface area contributed by atoms with Gasteiger partial charge in [0.05, 0.1) is 44.2 Å². The maximum absolute atomic E-state index is 12.0. The Bertz CT molecular complexity index is 638. The summed E-state index contributed by atoms with van der Waals surface area (Å²) in [6, 6.07) is 0. The smallest absolute Gasteiger partial charge is 0.337 e. The number of carbonyl (C=O) groups is 1. The summed E-state index contributed by atoms with van der Waals surface area (Å²) >= 11 is 0. The lowest BCUT2D eigenvalue weighted by molar-refractivity contribution is -0.348. The zero-order chi connectivity index (χ0) is 21.5. The number of esters is 1. The van der Waals surface area contributed by atoms with Crippen molar-refractivity contribution < 1.29 is 59.5 Å². The van der Waals surface area contributed by atoms with Crippen molar-refractivity contribution in [1.29, 1.82) is 0 Å². The summed E-state index contributed by atoms with van der Waals surface area (Å²) in [5, 5.41) is 70.0. The molecule has 3 aliphatic rings. The van der Waals surface area contributed by atoms with Gasteiger partial charge in [-0.2, -0.15) is 0 Å². The van der Waals surface area contributed by atoms with Crippen LogP contribution in [0.25, 0.3) is 0 Å². The Hall–Kier alpha value is -1.35. The Morgan fingerprint density at radius 1 is 1.17 bits per heavy atom. The molecule has 0 aromatic heterocycles. The second-order valence-electron chi connectivity index (χ2n) is 7.44. The van der Waals surface area contributed by atoms with Crippen molar-refractivity contribution in [3.8, 4) is 0 Å². The lowest BCUT2D eigenvalue weighted by Gasteiger charge is -2.44. The molecule has 0 aromatic rings. The Balaban J connectivity index is 1.88. The van der Waals surface area contributed by atoms with Crippen molar-refractivity contribution in [3.63, 3.8) is 0 Å². The molecule has 29 heavy (non-hydrogen) atoms. The van der Waals surface area contributed by atoms with Crippen molar-refractivity contribution >= 4 is 5.97 Å². The number of hydrogen-bond donors (Lipinski definition) is 7. The van der Waals surface area contributed by atoms with E-state index in [1.807, 2.05) is 0 Å². The van der Waals surface area contributed by atoms with Gasteiger partial charge in [-0.15, -0.1) is 0 Å². The standard InChI is InChI=1S/C17H26O12/c1-26-14(24)7-4-27-15(10-6(7)2-9(20)17(10,25)5-19)29-16-13(23)12(22)11(21)8(3-18)28-16/h4,6,8-13,15-16,18-23,25H,2-3,5H2,1H3. The van der Waals surface area contributed by atoms with Crippen LogP contribution < -0.4 is 0 Å². The number of ether oxygens (including phenoxy) is 4. The maximum atomic E-state index is 12.0. The van der Waals surface area contributed by atoms with Crippen LogP contribution in [0.3, 0.4) is 0 Å². The molecule has 0 bridgehead atoms. The van der Waals surface area contributed by atoms with E-state index in [9.17, 15) is 40.5 Å². The molecule has 10 unspecified atom stereocenters. The number of rotatable bonds is 5. The van der Waals surface area contributed by atoms with Crippen LogP contribution in [-0.2, 0) is 23.7 Å². The summed E-state index contributed by atoms with van der Waals surface area (Å²) in [7, 11) is 1.15. The van der Waals surface area contributed by atoms with Crippen molar-refractivity contribution in [3.05, 3.63) is 11.8 Å². The van der Waals surface area contributed by atoms with Crippen LogP contribution in [0.5, 0.6) is 0 Å². The third-order valence-electron chi connectivity index (χ3n) is 5.88. The Morgan fingerprint density at radius 3 is 2.45 bits per heavy atom. The monoisotopic (exact) mass is 422 g/mol. The summed E-state index contributed by atoms with van der Waals surface area (Å²) in [6.45, 7) is -1.55. The van der Waals surface area contributed by atoms with E-state index in [1.165, 1.54) is 0 Å². The van der Waals surface area contributed by atoms with E-state index >= 15 is 0 Å². The van der Waals surface area contributed by atoms with Gasteiger partial charge in [0.15, 0.2) is 6.29 Å². The van der Waals surface area contributed by atoms with Gasteiger partial charge in [0.2, 0.25) is 6.29 Å². The van der Waals surface area contributed by atoms with E-state index in [0.29, 0.717) is 0 Å². The van der Waals surface area contributed by atoms with E-state index in [-0.39, 0.29) is 12.0 Å². The van der Waals surface area contributed by atoms with Crippen LogP contribution in [0, 0.1) is 11.8 Å². The van der Waals surface area contributed by atoms with E-state index in [1.54, 1.807) is 0 Å². The average Bonchev–Trinajstić information content (AvgIpc) is 2.99. The van der Waals surface area contributed by atoms with E-state index in [4.69, 9.17) is 14.2 Å². The summed E-state index contributed by atoms with van der Waals surface area (Å²) in [4.78, 5) is 12.0. The Labute approximate surface area is 165 Å². The van der Waals surface area contributed by atoms with Gasteiger partial charge in [0.25, 0.3) is 0 Å². The third-order valence-corrected chi connectivity index (χ3v) is 5.88. The number of hydrogen-bond acceptors (Lipinski definition) is 12. The molecule has 0 spiro atoms. The van der Waals surface area contributed by atoms with Gasteiger partial charge >= 0.3 is 5.97 Å². The fraction of sp³-hybridized carbons (Fsp3) is 0.824. The van der Waals surface area contributed by atoms with Gasteiger partial charge in [-0.25, -0.2) is 4.79 Å². The number of aliphatic hydroxyl groups is 7. The average molecular weight is 422 g/mol. The van der Waals surface area contributed by atoms with Gasteiger partial charge in [0.1, 0.15) is 30.0 Å². The summed E-state index contributed by atoms with van der Waals surface area (Å²) in [5.41, 5.74) is -2.08. The SMILES string of the molecule is COC(=O)C1=COC(OC2OC(CO)C(O)C(O)C2O)C2C1CC(O)C2(O)CO. The van der Waals surface area contributed by atoms with Crippen LogP contribution in [0.2, 0.25) is 0 Å². The molecule has 3 rings (SSSR count). The first-order valence-corrected chi connectivity index (χ1v) is 9.10. The number of carbonyl (C=O) groups excluding carboxylic acids is 1. The van der Waals surface area contributed by atoms with Crippen LogP contribution in [0.15, 0.2) is 11.8 Å². The molecule has 0 amide bonds. The molecule has 2 heterocycles. The van der Waals surface area contributed by atoms with Crippen molar-refractivity contribution in [2.75, 3.05) is 20.3 Å². The highest BCUT2D eigenvalue weighted by Crippen LogP contribution is 2.49. The predicted molar refractivity (Wildman–Crippen MR) is 89.5 cm³/mol. The van der Waals surface area contributed by atoms with Gasteiger partial charge in [-0.05, 0) is 6.42 Å². The fourth-order valence-corrected chi connectivity index (χ4v) is 4.18. The fourth-order valence-electron chi connectivity index (χ4n) is 4.18. The van der Waals surface area contributed by atoms with Crippen LogP contribution in [0.4, 0.5) is 0 Å². The summed E-state index contributed by atoms with van der Waals surface area (Å²) in [6.07, 6.45) is -9.72. The second-order valence-corrected chi connectivity index (χ2v) is 7.44. The molecule has 10 atom stereocenters. The summed E-state index contributed by atoms with van der Waals surface area (Å²) < 4.78 is 20.9. The number of methoxy groups -OCH3 is 1. The predicted octanol–water partition coefficient (Wildman–Crippen LogP) is -4.06. The second kappa shape index (κ2) is 8.41. The molecule has 166 valence electrons. The number of aliphatic hydroxyl groups excluding tert-OH is 6. The molecule has 1 aliphatic carbocycles. The maximum Gasteiger partial charge on any atom is 0.337 e. The minimum Gasteiger partial charge on any atom is -0.471 e. The van der Waals surface area contributed by atoms with Crippen LogP contribution >= 0.6 is 0 Å².